The molecule has 58 heavy (non-hydrogen) atoms. The van der Waals surface area contributed by atoms with Crippen molar-refractivity contribution in [3.05, 3.63) is 218 Å². The molecule has 0 spiro atoms. The van der Waals surface area contributed by atoms with E-state index in [-0.39, 0.29) is 0 Å². The lowest BCUT2D eigenvalue weighted by molar-refractivity contribution is 1.14. The van der Waals surface area contributed by atoms with Crippen LogP contribution in [0, 0.1) is 0 Å². The Hall–Kier alpha value is -6.85. The molecule has 0 amide bonds. The van der Waals surface area contributed by atoms with Crippen molar-refractivity contribution in [1.82, 2.24) is 9.13 Å². The van der Waals surface area contributed by atoms with E-state index in [2.05, 4.69) is 228 Å². The van der Waals surface area contributed by atoms with Crippen LogP contribution in [-0.4, -0.2) is 9.13 Å². The summed E-state index contributed by atoms with van der Waals surface area (Å²) in [6.45, 7) is 0. The van der Waals surface area contributed by atoms with Gasteiger partial charge in [0.1, 0.15) is 0 Å². The van der Waals surface area contributed by atoms with Gasteiger partial charge in [0.25, 0.3) is 0 Å². The summed E-state index contributed by atoms with van der Waals surface area (Å²) in [7, 11) is -2.03. The summed E-state index contributed by atoms with van der Waals surface area (Å²) >= 11 is 1.88. The topological polar surface area (TPSA) is 9.86 Å². The zero-order valence-corrected chi connectivity index (χ0v) is 33.1. The first kappa shape index (κ1) is 33.3. The molecule has 0 radical (unpaired) electrons. The quantitative estimate of drug-likeness (QED) is 0.159. The summed E-state index contributed by atoms with van der Waals surface area (Å²) in [5.74, 6) is 0. The van der Waals surface area contributed by atoms with Crippen LogP contribution >= 0.6 is 21.4 Å². The number of nitrogens with zero attached hydrogens (tertiary/aromatic N) is 2. The molecule has 0 aliphatic rings. The molecule has 274 valence electrons. The van der Waals surface area contributed by atoms with Crippen molar-refractivity contribution >= 4 is 85.1 Å². The molecule has 0 aliphatic carbocycles. The minimum Gasteiger partial charge on any atom is -0.309 e. The molecule has 0 saturated carbocycles. The van der Waals surface area contributed by atoms with Crippen molar-refractivity contribution < 1.29 is 0 Å². The van der Waals surface area contributed by atoms with E-state index >= 15 is 0 Å². The van der Waals surface area contributed by atoms with Crippen LogP contribution in [0.4, 0.5) is 0 Å². The molecule has 12 rings (SSSR count). The molecule has 0 fully saturated rings. The summed E-state index contributed by atoms with van der Waals surface area (Å²) in [4.78, 5) is 5.17. The number of fused-ring (bicyclic) bond motifs is 9. The van der Waals surface area contributed by atoms with Gasteiger partial charge in [0.15, 0.2) is 0 Å². The molecule has 3 aromatic heterocycles. The average molecular weight is 777 g/mol. The van der Waals surface area contributed by atoms with Gasteiger partial charge in [-0.25, -0.2) is 0 Å². The minimum absolute atomic E-state index is 1.16. The summed E-state index contributed by atoms with van der Waals surface area (Å²) < 4.78 is 7.59. The molecular weight excluding hydrogens is 741 g/mol. The molecule has 2 nitrogen and oxygen atoms in total. The molecule has 0 aliphatic heterocycles. The molecule has 0 atom stereocenters. The van der Waals surface area contributed by atoms with E-state index in [0.29, 0.717) is 0 Å². The van der Waals surface area contributed by atoms with Crippen molar-refractivity contribution in [2.24, 2.45) is 0 Å². The maximum atomic E-state index is 2.49. The molecule has 3 heterocycles. The maximum Gasteiger partial charge on any atom is 0.0548 e. The number of hydrogen-bond donors (Lipinski definition) is 0. The second-order valence-electron chi connectivity index (χ2n) is 14.9. The number of benzene rings is 9. The van der Waals surface area contributed by atoms with Crippen LogP contribution in [0.3, 0.4) is 0 Å². The van der Waals surface area contributed by atoms with Gasteiger partial charge in [0, 0.05) is 72.7 Å². The SMILES string of the molecule is c1ccc(S(c2ccccc2)(c2cccc(-n3c4ccccc4c4ccccc43)c2)c2cccc(-n3c4ccccc4c4cc5sc6ccccc6c5cc43)c2)cc1. The fourth-order valence-corrected chi connectivity index (χ4v) is 14.4. The zero-order valence-electron chi connectivity index (χ0n) is 31.5. The van der Waals surface area contributed by atoms with E-state index in [1.54, 1.807) is 0 Å². The number of hydrogen-bond acceptors (Lipinski definition) is 1. The second-order valence-corrected chi connectivity index (χ2v) is 19.1. The molecule has 0 bridgehead atoms. The number of rotatable bonds is 6. The third-order valence-electron chi connectivity index (χ3n) is 11.8. The minimum atomic E-state index is -2.03. The molecule has 9 aromatic carbocycles. The third kappa shape index (κ3) is 4.86. The lowest BCUT2D eigenvalue weighted by Gasteiger charge is -2.42. The van der Waals surface area contributed by atoms with Crippen molar-refractivity contribution in [3.8, 4) is 11.4 Å². The van der Waals surface area contributed by atoms with Crippen LogP contribution in [0.2, 0.25) is 0 Å². The van der Waals surface area contributed by atoms with E-state index < -0.39 is 10.0 Å². The number of para-hydroxylation sites is 3. The van der Waals surface area contributed by atoms with Crippen LogP contribution in [0.5, 0.6) is 0 Å². The fourth-order valence-electron chi connectivity index (χ4n) is 9.36. The van der Waals surface area contributed by atoms with Gasteiger partial charge >= 0.3 is 0 Å². The second kappa shape index (κ2) is 13.1. The van der Waals surface area contributed by atoms with E-state index in [4.69, 9.17) is 0 Å². The average Bonchev–Trinajstić information content (AvgIpc) is 3.94. The Morgan fingerprint density at radius 1 is 0.276 bits per heavy atom. The van der Waals surface area contributed by atoms with Gasteiger partial charge in [-0.05, 0) is 97.1 Å². The first-order chi connectivity index (χ1) is 28.8. The first-order valence-corrected chi connectivity index (χ1v) is 22.2. The Morgan fingerprint density at radius 3 is 1.26 bits per heavy atom. The fraction of sp³-hybridized carbons (Fsp3) is 0. The van der Waals surface area contributed by atoms with E-state index in [1.807, 2.05) is 11.3 Å². The molecule has 0 unspecified atom stereocenters. The lowest BCUT2D eigenvalue weighted by atomic mass is 10.1. The van der Waals surface area contributed by atoms with Crippen LogP contribution in [-0.2, 0) is 0 Å². The van der Waals surface area contributed by atoms with Gasteiger partial charge in [0.2, 0.25) is 0 Å². The molecule has 0 N–H and O–H groups in total. The first-order valence-electron chi connectivity index (χ1n) is 19.7. The molecule has 4 heteroatoms. The van der Waals surface area contributed by atoms with Crippen molar-refractivity contribution in [3.63, 3.8) is 0 Å². The summed E-state index contributed by atoms with van der Waals surface area (Å²) in [5, 5.41) is 7.70. The summed E-state index contributed by atoms with van der Waals surface area (Å²) in [5.41, 5.74) is 7.17. The van der Waals surface area contributed by atoms with Crippen LogP contribution in [0.1, 0.15) is 0 Å². The Morgan fingerprint density at radius 2 is 0.707 bits per heavy atom. The highest BCUT2D eigenvalue weighted by atomic mass is 32.3. The lowest BCUT2D eigenvalue weighted by Crippen LogP contribution is -2.07. The largest absolute Gasteiger partial charge is 0.309 e. The Bertz CT molecular complexity index is 3430. The smallest absolute Gasteiger partial charge is 0.0548 e. The third-order valence-corrected chi connectivity index (χ3v) is 16.8. The molecule has 12 aromatic rings. The van der Waals surface area contributed by atoms with Crippen molar-refractivity contribution in [2.45, 2.75) is 19.6 Å². The summed E-state index contributed by atoms with van der Waals surface area (Å²) in [6, 6.07) is 81.3. The van der Waals surface area contributed by atoms with Gasteiger partial charge in [-0.1, -0.05) is 121 Å². The number of thiophene rings is 1. The van der Waals surface area contributed by atoms with E-state index in [9.17, 15) is 0 Å². The zero-order chi connectivity index (χ0) is 38.2. The number of aromatic nitrogens is 2. The van der Waals surface area contributed by atoms with E-state index in [1.165, 1.54) is 83.4 Å². The van der Waals surface area contributed by atoms with Gasteiger partial charge in [-0.3, -0.25) is 0 Å². The highest BCUT2D eigenvalue weighted by Gasteiger charge is 2.34. The Kier molecular flexibility index (Phi) is 7.52. The highest BCUT2D eigenvalue weighted by Crippen LogP contribution is 2.73. The van der Waals surface area contributed by atoms with Gasteiger partial charge in [0.05, 0.1) is 22.1 Å². The van der Waals surface area contributed by atoms with Crippen molar-refractivity contribution in [1.29, 1.82) is 0 Å². The van der Waals surface area contributed by atoms with Crippen LogP contribution < -0.4 is 0 Å². The monoisotopic (exact) mass is 776 g/mol. The summed E-state index contributed by atoms with van der Waals surface area (Å²) in [6.07, 6.45) is 0. The van der Waals surface area contributed by atoms with E-state index in [0.717, 1.165) is 11.4 Å². The van der Waals surface area contributed by atoms with Crippen LogP contribution in [0.25, 0.3) is 75.2 Å². The predicted octanol–water partition coefficient (Wildman–Crippen LogP) is 15.6. The standard InChI is InChI=1S/C54H36N2S2/c1-3-19-39(20-4-1)58(40-21-5-2-6-22-40,41-23-15-17-37(33-41)55-49-29-11-7-25-43(49)44-26-8-12-30-50(44)55)42-24-16-18-38(34-42)56-51-31-13-9-27-45(51)47-36-54-48(35-52(47)56)46-28-10-14-32-53(46)57-54/h1-36H. The molecular formula is C54H36N2S2. The van der Waals surface area contributed by atoms with Gasteiger partial charge in [-0.15, -0.1) is 21.4 Å². The Labute approximate surface area is 341 Å². The predicted molar refractivity (Wildman–Crippen MR) is 248 cm³/mol. The van der Waals surface area contributed by atoms with Crippen LogP contribution in [0.15, 0.2) is 238 Å². The Balaban J connectivity index is 1.15. The van der Waals surface area contributed by atoms with Gasteiger partial charge < -0.3 is 9.13 Å². The maximum absolute atomic E-state index is 2.49. The van der Waals surface area contributed by atoms with Gasteiger partial charge in [-0.2, -0.15) is 0 Å². The normalized spacial score (nSPS) is 12.4. The highest BCUT2D eigenvalue weighted by molar-refractivity contribution is 8.34. The van der Waals surface area contributed by atoms with Crippen molar-refractivity contribution in [2.75, 3.05) is 0 Å². The molecule has 0 saturated heterocycles.